The van der Waals surface area contributed by atoms with Gasteiger partial charge in [0.15, 0.2) is 5.13 Å². The molecule has 2 fully saturated rings. The highest BCUT2D eigenvalue weighted by atomic mass is 32.2. The van der Waals surface area contributed by atoms with Gasteiger partial charge in [0.05, 0.1) is 28.3 Å². The van der Waals surface area contributed by atoms with Crippen LogP contribution in [0, 0.1) is 13.8 Å². The Morgan fingerprint density at radius 2 is 1.85 bits per heavy atom. The lowest BCUT2D eigenvalue weighted by Gasteiger charge is -2.32. The summed E-state index contributed by atoms with van der Waals surface area (Å²) in [5.74, 6) is -0.166. The van der Waals surface area contributed by atoms with Crippen LogP contribution in [0.2, 0.25) is 0 Å². The number of carbonyl (C=O) groups is 1. The van der Waals surface area contributed by atoms with Crippen molar-refractivity contribution < 1.29 is 17.9 Å². The van der Waals surface area contributed by atoms with Crippen LogP contribution >= 0.6 is 11.3 Å². The van der Waals surface area contributed by atoms with E-state index in [1.165, 1.54) is 16.9 Å². The van der Waals surface area contributed by atoms with Crippen molar-refractivity contribution in [1.29, 1.82) is 0 Å². The summed E-state index contributed by atoms with van der Waals surface area (Å²) in [5.41, 5.74) is 3.64. The van der Waals surface area contributed by atoms with E-state index in [-0.39, 0.29) is 16.8 Å². The van der Waals surface area contributed by atoms with E-state index >= 15 is 0 Å². The Kier molecular flexibility index (Phi) is 8.68. The maximum Gasteiger partial charge on any atom is 0.260 e. The molecule has 10 heteroatoms. The number of aromatic nitrogens is 1. The molecule has 0 aliphatic carbocycles. The second kappa shape index (κ2) is 12.0. The summed E-state index contributed by atoms with van der Waals surface area (Å²) in [4.78, 5) is 23.1. The summed E-state index contributed by atoms with van der Waals surface area (Å²) in [7, 11) is -3.60. The molecule has 0 spiro atoms. The van der Waals surface area contributed by atoms with E-state index < -0.39 is 10.0 Å². The number of morpholine rings is 1. The first kappa shape index (κ1) is 28.2. The number of piperidine rings is 1. The van der Waals surface area contributed by atoms with Crippen LogP contribution in [0.4, 0.5) is 5.13 Å². The van der Waals surface area contributed by atoms with Crippen molar-refractivity contribution in [1.82, 2.24) is 14.2 Å². The van der Waals surface area contributed by atoms with Crippen LogP contribution in [0.15, 0.2) is 41.3 Å². The van der Waals surface area contributed by atoms with E-state index in [1.54, 1.807) is 33.5 Å². The largest absolute Gasteiger partial charge is 0.379 e. The van der Waals surface area contributed by atoms with Crippen molar-refractivity contribution in [2.45, 2.75) is 57.4 Å². The first-order valence-electron chi connectivity index (χ1n) is 13.9. The molecule has 1 aromatic heterocycles. The smallest absolute Gasteiger partial charge is 0.260 e. The van der Waals surface area contributed by atoms with E-state index in [0.29, 0.717) is 23.8 Å². The zero-order valence-corrected chi connectivity index (χ0v) is 24.7. The third-order valence-electron chi connectivity index (χ3n) is 7.70. The second-order valence-corrected chi connectivity index (χ2v) is 13.6. The minimum atomic E-state index is -3.60. The van der Waals surface area contributed by atoms with Gasteiger partial charge >= 0.3 is 0 Å². The summed E-state index contributed by atoms with van der Waals surface area (Å²) in [6, 6.07) is 10.6. The molecule has 2 aliphatic rings. The lowest BCUT2D eigenvalue weighted by atomic mass is 10.1. The molecule has 3 heterocycles. The fourth-order valence-electron chi connectivity index (χ4n) is 5.53. The number of sulfonamides is 1. The molecule has 0 N–H and O–H groups in total. The molecule has 5 rings (SSSR count). The van der Waals surface area contributed by atoms with Crippen molar-refractivity contribution in [3.05, 3.63) is 53.1 Å². The Morgan fingerprint density at radius 1 is 1.10 bits per heavy atom. The van der Waals surface area contributed by atoms with Crippen molar-refractivity contribution in [3.63, 3.8) is 0 Å². The predicted octanol–water partition coefficient (Wildman–Crippen LogP) is 4.85. The number of amides is 1. The second-order valence-electron chi connectivity index (χ2n) is 10.7. The molecule has 1 atom stereocenters. The van der Waals surface area contributed by atoms with Gasteiger partial charge in [0, 0.05) is 44.3 Å². The van der Waals surface area contributed by atoms with Gasteiger partial charge in [0.25, 0.3) is 5.91 Å². The molecule has 1 amide bonds. The minimum absolute atomic E-state index is 0.0156. The number of aryl methyl sites for hydroxylation is 2. The van der Waals surface area contributed by atoms with Crippen LogP contribution < -0.4 is 4.90 Å². The molecule has 3 aromatic rings. The molecule has 210 valence electrons. The van der Waals surface area contributed by atoms with Gasteiger partial charge in [0.2, 0.25) is 10.0 Å². The molecule has 39 heavy (non-hydrogen) atoms. The standard InChI is InChI=1S/C29H38N4O4S2/c1-21-19-22(2)27-26(20-21)38-29(30-27)32(13-6-12-31-15-17-37-18-16-31)28(34)24-8-10-25(11-9-24)39(35,36)33-14-5-4-7-23(33)3/h8-11,19-20,23H,4-7,12-18H2,1-3H3. The number of carbonyl (C=O) groups excluding carboxylic acids is 1. The Hall–Kier alpha value is -2.37. The quantitative estimate of drug-likeness (QED) is 0.385. The molecule has 0 radical (unpaired) electrons. The van der Waals surface area contributed by atoms with Crippen molar-refractivity contribution in [2.75, 3.05) is 50.8 Å². The van der Waals surface area contributed by atoms with Crippen molar-refractivity contribution >= 4 is 42.6 Å². The molecule has 0 bridgehead atoms. The lowest BCUT2D eigenvalue weighted by molar-refractivity contribution is 0.0376. The van der Waals surface area contributed by atoms with Gasteiger partial charge < -0.3 is 4.74 Å². The van der Waals surface area contributed by atoms with E-state index in [9.17, 15) is 13.2 Å². The third kappa shape index (κ3) is 6.20. The van der Waals surface area contributed by atoms with E-state index in [4.69, 9.17) is 9.72 Å². The molecular weight excluding hydrogens is 532 g/mol. The Morgan fingerprint density at radius 3 is 2.56 bits per heavy atom. The summed E-state index contributed by atoms with van der Waals surface area (Å²) < 4.78 is 34.7. The number of fused-ring (bicyclic) bond motifs is 1. The Balaban J connectivity index is 1.39. The highest BCUT2D eigenvalue weighted by molar-refractivity contribution is 7.89. The van der Waals surface area contributed by atoms with Crippen LogP contribution in [0.1, 0.15) is 54.1 Å². The Labute approximate surface area is 235 Å². The number of anilines is 1. The number of thiazole rings is 1. The average Bonchev–Trinajstić information content (AvgIpc) is 3.35. The molecule has 2 aliphatic heterocycles. The molecule has 0 saturated carbocycles. The van der Waals surface area contributed by atoms with E-state index in [1.807, 2.05) is 13.8 Å². The zero-order valence-electron chi connectivity index (χ0n) is 23.1. The molecule has 2 aromatic carbocycles. The fourth-order valence-corrected chi connectivity index (χ4v) is 8.39. The van der Waals surface area contributed by atoms with E-state index in [0.717, 1.165) is 74.3 Å². The molecule has 8 nitrogen and oxygen atoms in total. The van der Waals surface area contributed by atoms with Gasteiger partial charge in [-0.2, -0.15) is 4.31 Å². The molecule has 2 saturated heterocycles. The number of ether oxygens (including phenoxy) is 1. The number of hydrogen-bond acceptors (Lipinski definition) is 7. The summed E-state index contributed by atoms with van der Waals surface area (Å²) in [5, 5.41) is 0.671. The highest BCUT2D eigenvalue weighted by Crippen LogP contribution is 2.33. The van der Waals surface area contributed by atoms with Gasteiger partial charge in [-0.15, -0.1) is 0 Å². The predicted molar refractivity (Wildman–Crippen MR) is 156 cm³/mol. The fraction of sp³-hybridized carbons (Fsp3) is 0.517. The van der Waals surface area contributed by atoms with Crippen molar-refractivity contribution in [2.24, 2.45) is 0 Å². The number of nitrogens with zero attached hydrogens (tertiary/aromatic N) is 4. The van der Waals surface area contributed by atoms with Gasteiger partial charge in [0.1, 0.15) is 0 Å². The average molecular weight is 571 g/mol. The number of hydrogen-bond donors (Lipinski definition) is 0. The van der Waals surface area contributed by atoms with Crippen LogP contribution in [0.5, 0.6) is 0 Å². The monoisotopic (exact) mass is 570 g/mol. The summed E-state index contributed by atoms with van der Waals surface area (Å²) in [6.07, 6.45) is 3.60. The summed E-state index contributed by atoms with van der Waals surface area (Å²) >= 11 is 1.53. The number of benzene rings is 2. The third-order valence-corrected chi connectivity index (χ3v) is 10.8. The van der Waals surface area contributed by atoms with Gasteiger partial charge in [-0.25, -0.2) is 13.4 Å². The van der Waals surface area contributed by atoms with E-state index in [2.05, 4.69) is 24.0 Å². The first-order chi connectivity index (χ1) is 18.7. The Bertz CT molecular complexity index is 1420. The normalized spacial score (nSPS) is 19.4. The minimum Gasteiger partial charge on any atom is -0.379 e. The first-order valence-corrected chi connectivity index (χ1v) is 16.1. The summed E-state index contributed by atoms with van der Waals surface area (Å²) in [6.45, 7) is 11.3. The lowest BCUT2D eigenvalue weighted by Crippen LogP contribution is -2.41. The SMILES string of the molecule is Cc1cc(C)c2nc(N(CCCN3CCOCC3)C(=O)c3ccc(S(=O)(=O)N4CCCCC4C)cc3)sc2c1. The topological polar surface area (TPSA) is 83.0 Å². The number of rotatable bonds is 8. The van der Waals surface area contributed by atoms with Gasteiger partial charge in [-0.05, 0) is 81.5 Å². The maximum atomic E-state index is 13.9. The van der Waals surface area contributed by atoms with Crippen LogP contribution in [-0.2, 0) is 14.8 Å². The van der Waals surface area contributed by atoms with Crippen LogP contribution in [0.3, 0.4) is 0 Å². The van der Waals surface area contributed by atoms with Crippen LogP contribution in [0.25, 0.3) is 10.2 Å². The highest BCUT2D eigenvalue weighted by Gasteiger charge is 2.31. The molecule has 1 unspecified atom stereocenters. The zero-order chi connectivity index (χ0) is 27.6. The van der Waals surface area contributed by atoms with Gasteiger partial charge in [-0.1, -0.05) is 23.8 Å². The van der Waals surface area contributed by atoms with Gasteiger partial charge in [-0.3, -0.25) is 14.6 Å². The molecular formula is C29H38N4O4S2. The van der Waals surface area contributed by atoms with Crippen molar-refractivity contribution in [3.8, 4) is 0 Å². The maximum absolute atomic E-state index is 13.9. The van der Waals surface area contributed by atoms with Crippen LogP contribution in [-0.4, -0.2) is 80.5 Å².